The van der Waals surface area contributed by atoms with E-state index in [0.29, 0.717) is 5.69 Å². The van der Waals surface area contributed by atoms with Crippen LogP contribution in [0.4, 0.5) is 11.4 Å². The molecule has 0 saturated heterocycles. The number of pyridine rings is 1. The maximum atomic E-state index is 12.3. The quantitative estimate of drug-likeness (QED) is 0.757. The van der Waals surface area contributed by atoms with Crippen molar-refractivity contribution in [3.8, 4) is 0 Å². The van der Waals surface area contributed by atoms with E-state index in [1.54, 1.807) is 6.20 Å². The molecule has 0 bridgehead atoms. The molecule has 2 amide bonds. The van der Waals surface area contributed by atoms with Gasteiger partial charge in [0.05, 0.1) is 28.3 Å². The van der Waals surface area contributed by atoms with Crippen LogP contribution in [0.5, 0.6) is 0 Å². The van der Waals surface area contributed by atoms with Gasteiger partial charge in [-0.25, -0.2) is 0 Å². The fourth-order valence-electron chi connectivity index (χ4n) is 2.75. The summed E-state index contributed by atoms with van der Waals surface area (Å²) in [7, 11) is 0. The van der Waals surface area contributed by atoms with Gasteiger partial charge in [0.1, 0.15) is 0 Å². The van der Waals surface area contributed by atoms with E-state index in [0.717, 1.165) is 21.5 Å². The Labute approximate surface area is 148 Å². The Morgan fingerprint density at radius 3 is 2.88 bits per heavy atom. The average Bonchev–Trinajstić information content (AvgIpc) is 2.62. The molecule has 124 valence electrons. The van der Waals surface area contributed by atoms with Crippen molar-refractivity contribution in [1.29, 1.82) is 0 Å². The summed E-state index contributed by atoms with van der Waals surface area (Å²) in [6.07, 6.45) is 1.74. The summed E-state index contributed by atoms with van der Waals surface area (Å²) < 4.78 is 0. The molecule has 25 heavy (non-hydrogen) atoms. The number of amides is 2. The van der Waals surface area contributed by atoms with Crippen LogP contribution < -0.4 is 10.6 Å². The smallest absolute Gasteiger partial charge is 0.238 e. The molecule has 2 aromatic carbocycles. The Morgan fingerprint density at radius 1 is 1.16 bits per heavy atom. The van der Waals surface area contributed by atoms with E-state index in [-0.39, 0.29) is 18.2 Å². The van der Waals surface area contributed by atoms with Gasteiger partial charge in [0.15, 0.2) is 0 Å². The number of rotatable bonds is 3. The first kappa shape index (κ1) is 15.7. The molecule has 1 aliphatic rings. The van der Waals surface area contributed by atoms with Gasteiger partial charge in [-0.15, -0.1) is 11.8 Å². The van der Waals surface area contributed by atoms with E-state index in [4.69, 9.17) is 0 Å². The maximum absolute atomic E-state index is 12.3. The SMILES string of the molecule is O=C(CC1Sc2ccccc2NC1=O)Nc1cnc2ccccc2c1. The molecule has 1 unspecified atom stereocenters. The third kappa shape index (κ3) is 3.34. The molecule has 2 heterocycles. The summed E-state index contributed by atoms with van der Waals surface area (Å²) in [5, 5.41) is 6.20. The number of anilines is 2. The first-order valence-electron chi connectivity index (χ1n) is 7.90. The topological polar surface area (TPSA) is 71.1 Å². The first-order chi connectivity index (χ1) is 12.2. The molecule has 0 saturated carbocycles. The number of nitrogens with one attached hydrogen (secondary N) is 2. The number of fused-ring (bicyclic) bond motifs is 2. The highest BCUT2D eigenvalue weighted by Crippen LogP contribution is 2.36. The largest absolute Gasteiger partial charge is 0.325 e. The van der Waals surface area contributed by atoms with Crippen molar-refractivity contribution in [2.45, 2.75) is 16.6 Å². The van der Waals surface area contributed by atoms with Crippen LogP contribution in [-0.2, 0) is 9.59 Å². The van der Waals surface area contributed by atoms with Gasteiger partial charge in [0.25, 0.3) is 0 Å². The van der Waals surface area contributed by atoms with Gasteiger partial charge in [0.2, 0.25) is 11.8 Å². The molecule has 0 fully saturated rings. The number of nitrogens with zero attached hydrogens (tertiary/aromatic N) is 1. The number of benzene rings is 2. The highest BCUT2D eigenvalue weighted by atomic mass is 32.2. The number of carbonyl (C=O) groups excluding carboxylic acids is 2. The molecule has 2 N–H and O–H groups in total. The zero-order valence-electron chi connectivity index (χ0n) is 13.2. The molecule has 6 heteroatoms. The molecule has 1 aliphatic heterocycles. The highest BCUT2D eigenvalue weighted by Gasteiger charge is 2.28. The summed E-state index contributed by atoms with van der Waals surface area (Å²) in [4.78, 5) is 29.8. The van der Waals surface area contributed by atoms with Crippen LogP contribution >= 0.6 is 11.8 Å². The summed E-state index contributed by atoms with van der Waals surface area (Å²) in [6, 6.07) is 17.2. The fraction of sp³-hybridized carbons (Fsp3) is 0.105. The minimum absolute atomic E-state index is 0.109. The van der Waals surface area contributed by atoms with Gasteiger partial charge in [-0.1, -0.05) is 30.3 Å². The van der Waals surface area contributed by atoms with Gasteiger partial charge in [-0.05, 0) is 24.3 Å². The molecule has 4 rings (SSSR count). The lowest BCUT2D eigenvalue weighted by atomic mass is 10.2. The van der Waals surface area contributed by atoms with E-state index in [1.807, 2.05) is 54.6 Å². The number of thioether (sulfide) groups is 1. The second kappa shape index (κ2) is 6.57. The van der Waals surface area contributed by atoms with Crippen molar-refractivity contribution in [3.63, 3.8) is 0 Å². The van der Waals surface area contributed by atoms with Crippen LogP contribution in [-0.4, -0.2) is 22.0 Å². The van der Waals surface area contributed by atoms with Crippen LogP contribution in [0.2, 0.25) is 0 Å². The van der Waals surface area contributed by atoms with Gasteiger partial charge >= 0.3 is 0 Å². The maximum Gasteiger partial charge on any atom is 0.238 e. The van der Waals surface area contributed by atoms with Gasteiger partial charge in [-0.3, -0.25) is 14.6 Å². The number of hydrogen-bond donors (Lipinski definition) is 2. The molecule has 1 aromatic heterocycles. The van der Waals surface area contributed by atoms with E-state index >= 15 is 0 Å². The van der Waals surface area contributed by atoms with Crippen LogP contribution in [0.1, 0.15) is 6.42 Å². The Balaban J connectivity index is 1.45. The van der Waals surface area contributed by atoms with Crippen molar-refractivity contribution in [2.24, 2.45) is 0 Å². The van der Waals surface area contributed by atoms with Crippen molar-refractivity contribution in [3.05, 3.63) is 60.8 Å². The van der Waals surface area contributed by atoms with Crippen LogP contribution in [0.15, 0.2) is 65.7 Å². The summed E-state index contributed by atoms with van der Waals surface area (Å²) >= 11 is 1.42. The average molecular weight is 349 g/mol. The molecule has 0 aliphatic carbocycles. The zero-order chi connectivity index (χ0) is 17.2. The van der Waals surface area contributed by atoms with E-state index in [9.17, 15) is 9.59 Å². The zero-order valence-corrected chi connectivity index (χ0v) is 14.0. The van der Waals surface area contributed by atoms with Crippen molar-refractivity contribution in [1.82, 2.24) is 4.98 Å². The van der Waals surface area contributed by atoms with Crippen LogP contribution in [0.3, 0.4) is 0 Å². The Hall–Kier alpha value is -2.86. The molecule has 1 atom stereocenters. The number of aromatic nitrogens is 1. The molecule has 0 spiro atoms. The van der Waals surface area contributed by atoms with Gasteiger partial charge < -0.3 is 10.6 Å². The standard InChI is InChI=1S/C19H15N3O2S/c23-18(21-13-9-12-5-1-2-6-14(12)20-11-13)10-17-19(24)22-15-7-3-4-8-16(15)25-17/h1-9,11,17H,10H2,(H,21,23)(H,22,24). The number of carbonyl (C=O) groups is 2. The normalized spacial score (nSPS) is 16.2. The van der Waals surface area contributed by atoms with Crippen molar-refractivity contribution in [2.75, 3.05) is 10.6 Å². The van der Waals surface area contributed by atoms with E-state index in [1.165, 1.54) is 11.8 Å². The third-order valence-electron chi connectivity index (χ3n) is 3.95. The van der Waals surface area contributed by atoms with Crippen molar-refractivity contribution < 1.29 is 9.59 Å². The molecule has 0 radical (unpaired) electrons. The lowest BCUT2D eigenvalue weighted by Crippen LogP contribution is -2.32. The highest BCUT2D eigenvalue weighted by molar-refractivity contribution is 8.01. The minimum Gasteiger partial charge on any atom is -0.325 e. The van der Waals surface area contributed by atoms with Crippen LogP contribution in [0, 0.1) is 0 Å². The number of para-hydroxylation sites is 2. The van der Waals surface area contributed by atoms with E-state index < -0.39 is 5.25 Å². The third-order valence-corrected chi connectivity index (χ3v) is 5.23. The van der Waals surface area contributed by atoms with Crippen molar-refractivity contribution >= 4 is 45.9 Å². The molecular weight excluding hydrogens is 334 g/mol. The second-order valence-corrected chi connectivity index (χ2v) is 7.01. The first-order valence-corrected chi connectivity index (χ1v) is 8.78. The molecule has 3 aromatic rings. The van der Waals surface area contributed by atoms with E-state index in [2.05, 4.69) is 15.6 Å². The lowest BCUT2D eigenvalue weighted by Gasteiger charge is -2.23. The predicted molar refractivity (Wildman–Crippen MR) is 99.7 cm³/mol. The van der Waals surface area contributed by atoms with Gasteiger partial charge in [0, 0.05) is 16.7 Å². The predicted octanol–water partition coefficient (Wildman–Crippen LogP) is 3.68. The summed E-state index contributed by atoms with van der Waals surface area (Å²) in [5.74, 6) is -0.348. The summed E-state index contributed by atoms with van der Waals surface area (Å²) in [6.45, 7) is 0. The lowest BCUT2D eigenvalue weighted by molar-refractivity contribution is -0.120. The Morgan fingerprint density at radius 2 is 1.96 bits per heavy atom. The van der Waals surface area contributed by atoms with Crippen LogP contribution in [0.25, 0.3) is 10.9 Å². The number of hydrogen-bond acceptors (Lipinski definition) is 4. The molecular formula is C19H15N3O2S. The Kier molecular flexibility index (Phi) is 4.11. The Bertz CT molecular complexity index is 974. The summed E-state index contributed by atoms with van der Waals surface area (Å²) in [5.41, 5.74) is 2.30. The second-order valence-electron chi connectivity index (χ2n) is 5.76. The fourth-order valence-corrected chi connectivity index (χ4v) is 3.86. The van der Waals surface area contributed by atoms with Gasteiger partial charge in [-0.2, -0.15) is 0 Å². The minimum atomic E-state index is -0.441. The molecule has 5 nitrogen and oxygen atoms in total. The monoisotopic (exact) mass is 349 g/mol.